The summed E-state index contributed by atoms with van der Waals surface area (Å²) in [5.74, 6) is -0.201. The summed E-state index contributed by atoms with van der Waals surface area (Å²) in [6, 6.07) is 0. The van der Waals surface area contributed by atoms with E-state index >= 15 is 0 Å². The summed E-state index contributed by atoms with van der Waals surface area (Å²) >= 11 is 0. The van der Waals surface area contributed by atoms with Gasteiger partial charge in [-0.25, -0.2) is 0 Å². The molecule has 1 fully saturated rings. The number of amides is 2. The first-order valence-electron chi connectivity index (χ1n) is 7.64. The second-order valence-corrected chi connectivity index (χ2v) is 5.48. The summed E-state index contributed by atoms with van der Waals surface area (Å²) < 4.78 is 4.56. The molecule has 0 saturated carbocycles. The van der Waals surface area contributed by atoms with Crippen LogP contribution in [0.15, 0.2) is 0 Å². The first kappa shape index (κ1) is 17.5. The van der Waals surface area contributed by atoms with Crippen molar-refractivity contribution in [2.75, 3.05) is 26.7 Å². The van der Waals surface area contributed by atoms with Crippen LogP contribution in [-0.2, 0) is 19.1 Å². The Morgan fingerprint density at radius 3 is 2.67 bits per heavy atom. The molecule has 2 amide bonds. The van der Waals surface area contributed by atoms with Gasteiger partial charge < -0.3 is 15.0 Å². The number of carbonyl (C=O) groups excluding carboxylic acids is 3. The second kappa shape index (κ2) is 9.37. The normalized spacial score (nSPS) is 18.2. The van der Waals surface area contributed by atoms with E-state index in [0.717, 1.165) is 38.6 Å². The standard InChI is InChI=1S/C15H26N2O4/c1-12(18)17-10-6-7-13(11-17)15(20)16-9-5-3-4-8-14(19)21-2/h13H,3-11H2,1-2H3,(H,16,20). The van der Waals surface area contributed by atoms with Gasteiger partial charge in [-0.3, -0.25) is 14.4 Å². The topological polar surface area (TPSA) is 75.7 Å². The van der Waals surface area contributed by atoms with Crippen LogP contribution in [0, 0.1) is 5.92 Å². The molecule has 0 aromatic heterocycles. The van der Waals surface area contributed by atoms with Crippen LogP contribution in [-0.4, -0.2) is 49.4 Å². The molecule has 6 nitrogen and oxygen atoms in total. The number of methoxy groups -OCH3 is 1. The molecule has 21 heavy (non-hydrogen) atoms. The van der Waals surface area contributed by atoms with Gasteiger partial charge in [-0.1, -0.05) is 6.42 Å². The number of carbonyl (C=O) groups is 3. The molecule has 0 spiro atoms. The predicted octanol–water partition coefficient (Wildman–Crippen LogP) is 1.09. The third-order valence-electron chi connectivity index (χ3n) is 3.82. The van der Waals surface area contributed by atoms with E-state index in [9.17, 15) is 14.4 Å². The lowest BCUT2D eigenvalue weighted by atomic mass is 9.97. The zero-order valence-corrected chi connectivity index (χ0v) is 13.0. The average Bonchev–Trinajstić information content (AvgIpc) is 2.50. The molecule has 0 aromatic rings. The van der Waals surface area contributed by atoms with Gasteiger partial charge in [0.1, 0.15) is 0 Å². The van der Waals surface area contributed by atoms with Gasteiger partial charge in [0.15, 0.2) is 0 Å². The van der Waals surface area contributed by atoms with E-state index in [2.05, 4.69) is 10.1 Å². The maximum atomic E-state index is 12.0. The maximum Gasteiger partial charge on any atom is 0.305 e. The summed E-state index contributed by atoms with van der Waals surface area (Å²) in [7, 11) is 1.39. The zero-order chi connectivity index (χ0) is 15.7. The number of likely N-dealkylation sites (tertiary alicyclic amines) is 1. The van der Waals surface area contributed by atoms with E-state index in [-0.39, 0.29) is 23.7 Å². The first-order valence-corrected chi connectivity index (χ1v) is 7.64. The highest BCUT2D eigenvalue weighted by molar-refractivity contribution is 5.80. The molecule has 1 unspecified atom stereocenters. The summed E-state index contributed by atoms with van der Waals surface area (Å²) in [4.78, 5) is 36.0. The highest BCUT2D eigenvalue weighted by Gasteiger charge is 2.26. The fraction of sp³-hybridized carbons (Fsp3) is 0.800. The molecular weight excluding hydrogens is 272 g/mol. The zero-order valence-electron chi connectivity index (χ0n) is 13.0. The monoisotopic (exact) mass is 298 g/mol. The summed E-state index contributed by atoms with van der Waals surface area (Å²) in [6.07, 6.45) is 4.69. The molecule has 1 aliphatic heterocycles. The van der Waals surface area contributed by atoms with Crippen molar-refractivity contribution >= 4 is 17.8 Å². The Balaban J connectivity index is 2.13. The van der Waals surface area contributed by atoms with E-state index < -0.39 is 0 Å². The average molecular weight is 298 g/mol. The van der Waals surface area contributed by atoms with Gasteiger partial charge >= 0.3 is 5.97 Å². The van der Waals surface area contributed by atoms with Crippen LogP contribution in [0.5, 0.6) is 0 Å². The van der Waals surface area contributed by atoms with Crippen molar-refractivity contribution in [2.24, 2.45) is 5.92 Å². The Bertz CT molecular complexity index is 371. The molecule has 1 N–H and O–H groups in total. The lowest BCUT2D eigenvalue weighted by Crippen LogP contribution is -2.44. The second-order valence-electron chi connectivity index (χ2n) is 5.48. The molecular formula is C15H26N2O4. The van der Waals surface area contributed by atoms with E-state index in [1.54, 1.807) is 11.8 Å². The van der Waals surface area contributed by atoms with Gasteiger partial charge in [-0.05, 0) is 25.7 Å². The van der Waals surface area contributed by atoms with E-state index in [1.165, 1.54) is 7.11 Å². The number of hydrogen-bond acceptors (Lipinski definition) is 4. The van der Waals surface area contributed by atoms with Gasteiger partial charge in [-0.2, -0.15) is 0 Å². The van der Waals surface area contributed by atoms with Crippen LogP contribution in [0.2, 0.25) is 0 Å². The molecule has 0 bridgehead atoms. The minimum absolute atomic E-state index is 0.0360. The minimum Gasteiger partial charge on any atom is -0.469 e. The molecule has 0 radical (unpaired) electrons. The van der Waals surface area contributed by atoms with Gasteiger partial charge in [0, 0.05) is 33.0 Å². The predicted molar refractivity (Wildman–Crippen MR) is 78.5 cm³/mol. The molecule has 1 atom stereocenters. The molecule has 6 heteroatoms. The number of piperidine rings is 1. The molecule has 1 saturated heterocycles. The number of nitrogens with zero attached hydrogens (tertiary/aromatic N) is 1. The van der Waals surface area contributed by atoms with Crippen molar-refractivity contribution in [2.45, 2.75) is 45.4 Å². The van der Waals surface area contributed by atoms with Crippen LogP contribution < -0.4 is 5.32 Å². The van der Waals surface area contributed by atoms with Crippen molar-refractivity contribution in [3.63, 3.8) is 0 Å². The van der Waals surface area contributed by atoms with Crippen molar-refractivity contribution in [3.8, 4) is 0 Å². The van der Waals surface area contributed by atoms with Crippen molar-refractivity contribution in [1.29, 1.82) is 0 Å². The Labute approximate surface area is 126 Å². The van der Waals surface area contributed by atoms with Crippen molar-refractivity contribution in [3.05, 3.63) is 0 Å². The van der Waals surface area contributed by atoms with Crippen LogP contribution >= 0.6 is 0 Å². The third-order valence-corrected chi connectivity index (χ3v) is 3.82. The van der Waals surface area contributed by atoms with Crippen LogP contribution in [0.25, 0.3) is 0 Å². The highest BCUT2D eigenvalue weighted by atomic mass is 16.5. The quantitative estimate of drug-likeness (QED) is 0.564. The number of esters is 1. The third kappa shape index (κ3) is 6.60. The fourth-order valence-electron chi connectivity index (χ4n) is 2.51. The Hall–Kier alpha value is -1.59. The summed E-state index contributed by atoms with van der Waals surface area (Å²) in [6.45, 7) is 3.45. The molecule has 0 aliphatic carbocycles. The Kier molecular flexibility index (Phi) is 7.79. The lowest BCUT2D eigenvalue weighted by molar-refractivity contribution is -0.141. The first-order chi connectivity index (χ1) is 10.0. The van der Waals surface area contributed by atoms with Gasteiger partial charge in [0.25, 0.3) is 0 Å². The Morgan fingerprint density at radius 1 is 1.24 bits per heavy atom. The number of nitrogens with one attached hydrogen (secondary N) is 1. The number of hydrogen-bond donors (Lipinski definition) is 1. The van der Waals surface area contributed by atoms with Gasteiger partial charge in [0.05, 0.1) is 13.0 Å². The molecule has 1 aliphatic rings. The summed E-state index contributed by atoms with van der Waals surface area (Å²) in [5, 5.41) is 2.92. The highest BCUT2D eigenvalue weighted by Crippen LogP contribution is 2.16. The van der Waals surface area contributed by atoms with Gasteiger partial charge in [-0.15, -0.1) is 0 Å². The summed E-state index contributed by atoms with van der Waals surface area (Å²) in [5.41, 5.74) is 0. The fourth-order valence-corrected chi connectivity index (χ4v) is 2.51. The smallest absolute Gasteiger partial charge is 0.305 e. The van der Waals surface area contributed by atoms with Crippen LogP contribution in [0.3, 0.4) is 0 Å². The largest absolute Gasteiger partial charge is 0.469 e. The van der Waals surface area contributed by atoms with E-state index in [1.807, 2.05) is 0 Å². The van der Waals surface area contributed by atoms with Gasteiger partial charge in [0.2, 0.25) is 11.8 Å². The molecule has 1 heterocycles. The Morgan fingerprint density at radius 2 is 2.00 bits per heavy atom. The SMILES string of the molecule is COC(=O)CCCCCNC(=O)C1CCCN(C(C)=O)C1. The van der Waals surface area contributed by atoms with Crippen molar-refractivity contribution in [1.82, 2.24) is 10.2 Å². The van der Waals surface area contributed by atoms with E-state index in [4.69, 9.17) is 0 Å². The molecule has 1 rings (SSSR count). The lowest BCUT2D eigenvalue weighted by Gasteiger charge is -2.31. The molecule has 0 aromatic carbocycles. The van der Waals surface area contributed by atoms with Crippen LogP contribution in [0.1, 0.15) is 45.4 Å². The number of unbranched alkanes of at least 4 members (excludes halogenated alkanes) is 2. The van der Waals surface area contributed by atoms with Crippen LogP contribution in [0.4, 0.5) is 0 Å². The van der Waals surface area contributed by atoms with Crippen molar-refractivity contribution < 1.29 is 19.1 Å². The minimum atomic E-state index is -0.189. The number of rotatable bonds is 7. The van der Waals surface area contributed by atoms with E-state index in [0.29, 0.717) is 19.5 Å². The molecule has 120 valence electrons. The maximum absolute atomic E-state index is 12.0. The number of ether oxygens (including phenoxy) is 1.